The number of ether oxygens (including phenoxy) is 4. The van der Waals surface area contributed by atoms with Crippen LogP contribution in [0.3, 0.4) is 0 Å². The van der Waals surface area contributed by atoms with Crippen molar-refractivity contribution in [1.82, 2.24) is 0 Å². The fourth-order valence-corrected chi connectivity index (χ4v) is 13.7. The lowest BCUT2D eigenvalue weighted by Crippen LogP contribution is -2.30. The second-order valence-electron chi connectivity index (χ2n) is 29.6. The summed E-state index contributed by atoms with van der Waals surface area (Å²) in [6.07, 6.45) is 56.6. The van der Waals surface area contributed by atoms with Gasteiger partial charge in [0.05, 0.1) is 26.4 Å². The monoisotopic (exact) mass is 1440 g/mol. The maximum atomic E-state index is 13.1. The van der Waals surface area contributed by atoms with Gasteiger partial charge in [-0.1, -0.05) is 357 Å². The van der Waals surface area contributed by atoms with Crippen LogP contribution in [0.1, 0.15) is 408 Å². The summed E-state index contributed by atoms with van der Waals surface area (Å²) in [6.45, 7) is 12.0. The van der Waals surface area contributed by atoms with Crippen LogP contribution in [0, 0.1) is 17.8 Å². The number of hydrogen-bond donors (Lipinski definition) is 3. The molecule has 0 radical (unpaired) electrons. The van der Waals surface area contributed by atoms with Crippen molar-refractivity contribution in [3.63, 3.8) is 0 Å². The van der Waals surface area contributed by atoms with Gasteiger partial charge >= 0.3 is 39.5 Å². The number of esters is 4. The minimum atomic E-state index is -4.96. The standard InChI is InChI=1S/C79H154O17P2/c1-8-10-11-12-13-14-15-17-24-32-39-46-53-60-76(81)89-67-75(96-79(84)63-56-49-42-35-28-27-31-38-45-52-59-72(7)9-2)69-94-98(87,88)92-65-73(80)64-91-97(85,86)93-68-74(66-90-77(82)61-54-47-40-33-25-21-20-23-30-37-44-51-58-71(5)6)95-78(83)62-55-48-41-34-26-19-16-18-22-29-36-43-50-57-70(3)4/h70-75,80H,8-69H2,1-7H3,(H,85,86)(H,87,88)/t72?,73-,74-,75-/m1/s1. The molecule has 6 atom stereocenters. The molecule has 0 fully saturated rings. The Kier molecular flexibility index (Phi) is 68.1. The molecule has 0 spiro atoms. The zero-order chi connectivity index (χ0) is 72.3. The molecule has 0 aliphatic carbocycles. The molecule has 3 N–H and O–H groups in total. The van der Waals surface area contributed by atoms with Gasteiger partial charge in [0, 0.05) is 25.7 Å². The number of carbonyl (C=O) groups is 4. The lowest BCUT2D eigenvalue weighted by atomic mass is 9.99. The minimum Gasteiger partial charge on any atom is -0.462 e. The van der Waals surface area contributed by atoms with Gasteiger partial charge < -0.3 is 33.8 Å². The van der Waals surface area contributed by atoms with Crippen LogP contribution in [0.2, 0.25) is 0 Å². The Morgan fingerprint density at radius 3 is 0.776 bits per heavy atom. The van der Waals surface area contributed by atoms with Crippen molar-refractivity contribution in [2.24, 2.45) is 17.8 Å². The molecular weight excluding hydrogens is 1280 g/mol. The van der Waals surface area contributed by atoms with Gasteiger partial charge in [0.25, 0.3) is 0 Å². The topological polar surface area (TPSA) is 237 Å². The molecule has 98 heavy (non-hydrogen) atoms. The minimum absolute atomic E-state index is 0.107. The number of carbonyl (C=O) groups excluding carboxylic acids is 4. The first kappa shape index (κ1) is 96.1. The molecule has 0 saturated heterocycles. The molecule has 582 valence electrons. The van der Waals surface area contributed by atoms with E-state index < -0.39 is 97.5 Å². The third-order valence-corrected chi connectivity index (χ3v) is 20.6. The smallest absolute Gasteiger partial charge is 0.462 e. The third-order valence-electron chi connectivity index (χ3n) is 18.7. The first-order chi connectivity index (χ1) is 47.3. The van der Waals surface area contributed by atoms with Crippen molar-refractivity contribution in [3.05, 3.63) is 0 Å². The zero-order valence-electron chi connectivity index (χ0n) is 64.3. The van der Waals surface area contributed by atoms with Crippen molar-refractivity contribution in [3.8, 4) is 0 Å². The van der Waals surface area contributed by atoms with Gasteiger partial charge in [-0.15, -0.1) is 0 Å². The van der Waals surface area contributed by atoms with Crippen LogP contribution in [0.4, 0.5) is 0 Å². The molecule has 0 aromatic heterocycles. The first-order valence-electron chi connectivity index (χ1n) is 40.9. The number of rotatable bonds is 77. The Labute approximate surface area is 600 Å². The van der Waals surface area contributed by atoms with E-state index in [9.17, 15) is 43.2 Å². The number of aliphatic hydroxyl groups is 1. The second-order valence-corrected chi connectivity index (χ2v) is 32.6. The lowest BCUT2D eigenvalue weighted by molar-refractivity contribution is -0.161. The number of unbranched alkanes of at least 4 members (excludes halogenated alkanes) is 44. The SMILES string of the molecule is CCCCCCCCCCCCCCCC(=O)OC[C@H](COP(=O)(O)OC[C@H](O)COP(=O)(O)OC[C@@H](COC(=O)CCCCCCCCCCCCCCC(C)C)OC(=O)CCCCCCCCCCCCCCCC(C)C)OC(=O)CCCCCCCCCCCCC(C)CC. The number of phosphoric ester groups is 2. The van der Waals surface area contributed by atoms with Crippen LogP contribution >= 0.6 is 15.6 Å². The molecule has 0 bridgehead atoms. The average molecular weight is 1440 g/mol. The van der Waals surface area contributed by atoms with Crippen LogP contribution in [0.25, 0.3) is 0 Å². The molecule has 3 unspecified atom stereocenters. The summed E-state index contributed by atoms with van der Waals surface area (Å²) in [5.41, 5.74) is 0. The predicted molar refractivity (Wildman–Crippen MR) is 400 cm³/mol. The second kappa shape index (κ2) is 69.4. The van der Waals surface area contributed by atoms with E-state index in [-0.39, 0.29) is 25.7 Å². The van der Waals surface area contributed by atoms with Crippen LogP contribution < -0.4 is 0 Å². The average Bonchev–Trinajstić information content (AvgIpc) is 0.932. The van der Waals surface area contributed by atoms with E-state index in [4.69, 9.17) is 37.0 Å². The number of hydrogen-bond acceptors (Lipinski definition) is 15. The van der Waals surface area contributed by atoms with Gasteiger partial charge in [0.1, 0.15) is 19.3 Å². The maximum Gasteiger partial charge on any atom is 0.472 e. The van der Waals surface area contributed by atoms with Crippen LogP contribution in [0.5, 0.6) is 0 Å². The first-order valence-corrected chi connectivity index (χ1v) is 43.9. The summed E-state index contributed by atoms with van der Waals surface area (Å²) >= 11 is 0. The van der Waals surface area contributed by atoms with Crippen LogP contribution in [0.15, 0.2) is 0 Å². The summed E-state index contributed by atoms with van der Waals surface area (Å²) in [4.78, 5) is 73.0. The normalized spacial score (nSPS) is 14.3. The van der Waals surface area contributed by atoms with E-state index in [1.54, 1.807) is 0 Å². The third kappa shape index (κ3) is 71.1. The van der Waals surface area contributed by atoms with E-state index in [1.165, 1.54) is 218 Å². The van der Waals surface area contributed by atoms with E-state index >= 15 is 0 Å². The van der Waals surface area contributed by atoms with Crippen molar-refractivity contribution in [2.75, 3.05) is 39.6 Å². The largest absolute Gasteiger partial charge is 0.472 e. The van der Waals surface area contributed by atoms with Crippen molar-refractivity contribution in [2.45, 2.75) is 426 Å². The van der Waals surface area contributed by atoms with Gasteiger partial charge in [-0.3, -0.25) is 37.3 Å². The molecule has 0 heterocycles. The van der Waals surface area contributed by atoms with Gasteiger partial charge in [0.15, 0.2) is 12.2 Å². The van der Waals surface area contributed by atoms with E-state index in [0.717, 1.165) is 108 Å². The lowest BCUT2D eigenvalue weighted by Gasteiger charge is -2.21. The van der Waals surface area contributed by atoms with Gasteiger partial charge in [-0.25, -0.2) is 9.13 Å². The van der Waals surface area contributed by atoms with Gasteiger partial charge in [-0.05, 0) is 43.4 Å². The molecule has 0 aromatic rings. The molecule has 17 nitrogen and oxygen atoms in total. The summed E-state index contributed by atoms with van der Waals surface area (Å²) in [6, 6.07) is 0. The summed E-state index contributed by atoms with van der Waals surface area (Å²) in [7, 11) is -9.92. The van der Waals surface area contributed by atoms with Gasteiger partial charge in [-0.2, -0.15) is 0 Å². The van der Waals surface area contributed by atoms with Crippen molar-refractivity contribution < 1.29 is 80.2 Å². The van der Waals surface area contributed by atoms with E-state index in [0.29, 0.717) is 25.7 Å². The number of aliphatic hydroxyl groups excluding tert-OH is 1. The molecular formula is C79H154O17P2. The highest BCUT2D eigenvalue weighted by molar-refractivity contribution is 7.47. The maximum absolute atomic E-state index is 13.1. The summed E-state index contributed by atoms with van der Waals surface area (Å²) in [5.74, 6) is 0.260. The summed E-state index contributed by atoms with van der Waals surface area (Å²) in [5, 5.41) is 10.6. The quantitative estimate of drug-likeness (QED) is 0.0222. The van der Waals surface area contributed by atoms with Crippen LogP contribution in [-0.2, 0) is 65.4 Å². The highest BCUT2D eigenvalue weighted by atomic mass is 31.2. The summed E-state index contributed by atoms with van der Waals surface area (Å²) < 4.78 is 68.7. The molecule has 0 aliphatic rings. The Bertz CT molecular complexity index is 1910. The van der Waals surface area contributed by atoms with Crippen molar-refractivity contribution >= 4 is 39.5 Å². The Balaban J connectivity index is 5.28. The highest BCUT2D eigenvalue weighted by Crippen LogP contribution is 2.45. The Morgan fingerprint density at radius 1 is 0.296 bits per heavy atom. The predicted octanol–water partition coefficient (Wildman–Crippen LogP) is 23.4. The number of phosphoric acid groups is 2. The molecule has 0 saturated carbocycles. The van der Waals surface area contributed by atoms with Crippen molar-refractivity contribution in [1.29, 1.82) is 0 Å². The molecule has 0 aliphatic heterocycles. The Hall–Kier alpha value is -1.94. The molecule has 0 rings (SSSR count). The zero-order valence-corrected chi connectivity index (χ0v) is 66.0. The molecule has 0 aromatic carbocycles. The Morgan fingerprint density at radius 2 is 0.520 bits per heavy atom. The fourth-order valence-electron chi connectivity index (χ4n) is 12.1. The molecule has 0 amide bonds. The van der Waals surface area contributed by atoms with Crippen LogP contribution in [-0.4, -0.2) is 96.7 Å². The fraction of sp³-hybridized carbons (Fsp3) is 0.949. The van der Waals surface area contributed by atoms with E-state index in [2.05, 4.69) is 48.5 Å². The van der Waals surface area contributed by atoms with E-state index in [1.807, 2.05) is 0 Å². The highest BCUT2D eigenvalue weighted by Gasteiger charge is 2.30. The van der Waals surface area contributed by atoms with Gasteiger partial charge in [0.2, 0.25) is 0 Å². The molecule has 19 heteroatoms.